The number of hydrogen-bond acceptors (Lipinski definition) is 3. The van der Waals surface area contributed by atoms with Crippen molar-refractivity contribution in [3.8, 4) is 0 Å². The van der Waals surface area contributed by atoms with Gasteiger partial charge in [-0.25, -0.2) is 13.8 Å². The summed E-state index contributed by atoms with van der Waals surface area (Å²) >= 11 is 5.87. The number of halogens is 6. The molecule has 166 valence electrons. The minimum atomic E-state index is -4.69. The van der Waals surface area contributed by atoms with E-state index in [1.165, 1.54) is 11.8 Å². The van der Waals surface area contributed by atoms with Crippen LogP contribution in [0.2, 0.25) is 5.02 Å². The maximum Gasteiger partial charge on any atom is 0.416 e. The molecule has 1 unspecified atom stereocenters. The minimum absolute atomic E-state index is 0.0233. The van der Waals surface area contributed by atoms with Crippen LogP contribution >= 0.6 is 11.6 Å². The Hall–Kier alpha value is -3.20. The van der Waals surface area contributed by atoms with Crippen molar-refractivity contribution in [3.63, 3.8) is 0 Å². The van der Waals surface area contributed by atoms with Crippen LogP contribution in [0.15, 0.2) is 48.5 Å². The van der Waals surface area contributed by atoms with Gasteiger partial charge in [-0.3, -0.25) is 4.79 Å². The van der Waals surface area contributed by atoms with E-state index < -0.39 is 39.8 Å². The smallest absolute Gasteiger partial charge is 0.367 e. The molecule has 0 bridgehead atoms. The van der Waals surface area contributed by atoms with Crippen molar-refractivity contribution >= 4 is 29.0 Å². The Bertz CT molecular complexity index is 1250. The number of anilines is 2. The van der Waals surface area contributed by atoms with E-state index in [2.05, 4.69) is 4.98 Å². The number of amides is 1. The van der Waals surface area contributed by atoms with Gasteiger partial charge in [0.25, 0.3) is 0 Å². The molecular weight excluding hydrogens is 453 g/mol. The topological polar surface area (TPSA) is 59.2 Å². The molecule has 2 N–H and O–H groups in total. The van der Waals surface area contributed by atoms with Crippen molar-refractivity contribution in [2.24, 2.45) is 5.73 Å². The van der Waals surface area contributed by atoms with E-state index in [0.29, 0.717) is 17.3 Å². The van der Waals surface area contributed by atoms with Gasteiger partial charge >= 0.3 is 6.18 Å². The van der Waals surface area contributed by atoms with Crippen molar-refractivity contribution in [2.75, 3.05) is 4.90 Å². The van der Waals surface area contributed by atoms with Crippen LogP contribution in [0.5, 0.6) is 0 Å². The normalized spacial score (nSPS) is 18.0. The summed E-state index contributed by atoms with van der Waals surface area (Å²) in [6.07, 6.45) is -4.88. The number of primary amides is 1. The van der Waals surface area contributed by atoms with E-state index in [4.69, 9.17) is 17.3 Å². The Morgan fingerprint density at radius 1 is 1.12 bits per heavy atom. The summed E-state index contributed by atoms with van der Waals surface area (Å²) in [5.74, 6) is -3.50. The first-order chi connectivity index (χ1) is 14.9. The highest BCUT2D eigenvalue weighted by molar-refractivity contribution is 6.30. The van der Waals surface area contributed by atoms with Crippen molar-refractivity contribution in [1.29, 1.82) is 0 Å². The highest BCUT2D eigenvalue weighted by atomic mass is 35.5. The molecule has 4 rings (SSSR count). The van der Waals surface area contributed by atoms with Crippen LogP contribution in [0.3, 0.4) is 0 Å². The van der Waals surface area contributed by atoms with Gasteiger partial charge in [0.15, 0.2) is 5.54 Å². The lowest BCUT2D eigenvalue weighted by molar-refractivity contribution is -0.137. The Labute approximate surface area is 184 Å². The number of carbonyl (C=O) groups excluding carboxylic acids is 1. The largest absolute Gasteiger partial charge is 0.416 e. The van der Waals surface area contributed by atoms with Crippen LogP contribution in [0.25, 0.3) is 0 Å². The first-order valence-electron chi connectivity index (χ1n) is 9.34. The van der Waals surface area contributed by atoms with Gasteiger partial charge in [-0.15, -0.1) is 0 Å². The van der Waals surface area contributed by atoms with Gasteiger partial charge in [0, 0.05) is 29.4 Å². The van der Waals surface area contributed by atoms with E-state index in [-0.39, 0.29) is 23.5 Å². The van der Waals surface area contributed by atoms with Crippen molar-refractivity contribution < 1.29 is 26.7 Å². The molecule has 0 radical (unpaired) electrons. The van der Waals surface area contributed by atoms with Crippen molar-refractivity contribution in [3.05, 3.63) is 87.6 Å². The van der Waals surface area contributed by atoms with Gasteiger partial charge in [-0.1, -0.05) is 29.8 Å². The molecule has 2 aromatic carbocycles. The number of benzene rings is 2. The number of hydrogen-bond donors (Lipinski definition) is 1. The van der Waals surface area contributed by atoms with Crippen LogP contribution in [0.1, 0.15) is 22.4 Å². The van der Waals surface area contributed by atoms with Gasteiger partial charge < -0.3 is 10.6 Å². The summed E-state index contributed by atoms with van der Waals surface area (Å²) in [4.78, 5) is 18.3. The van der Waals surface area contributed by atoms with Gasteiger partial charge in [0.2, 0.25) is 5.91 Å². The zero-order chi connectivity index (χ0) is 23.4. The fourth-order valence-electron chi connectivity index (χ4n) is 4.07. The first kappa shape index (κ1) is 22.0. The number of rotatable bonds is 3. The second-order valence-corrected chi connectivity index (χ2v) is 7.87. The monoisotopic (exact) mass is 467 g/mol. The quantitative estimate of drug-likeness (QED) is 0.413. The molecule has 1 aliphatic rings. The lowest BCUT2D eigenvalue weighted by atomic mass is 9.84. The molecule has 0 fully saturated rings. The summed E-state index contributed by atoms with van der Waals surface area (Å²) in [5.41, 5.74) is 3.21. The van der Waals surface area contributed by atoms with E-state index in [1.807, 2.05) is 0 Å². The molecule has 1 aliphatic heterocycles. The fourth-order valence-corrected chi connectivity index (χ4v) is 4.24. The number of nitrogens with zero attached hydrogens (tertiary/aromatic N) is 2. The van der Waals surface area contributed by atoms with Gasteiger partial charge in [-0.2, -0.15) is 13.2 Å². The average Bonchev–Trinajstić information content (AvgIpc) is 3.05. The third-order valence-corrected chi connectivity index (χ3v) is 5.71. The predicted molar refractivity (Wildman–Crippen MR) is 109 cm³/mol. The molecule has 1 amide bonds. The number of aromatic nitrogens is 1. The summed E-state index contributed by atoms with van der Waals surface area (Å²) in [6.45, 7) is 1.36. The summed E-state index contributed by atoms with van der Waals surface area (Å²) < 4.78 is 69.4. The maximum atomic E-state index is 15.0. The molecule has 3 aromatic rings. The van der Waals surface area contributed by atoms with Crippen LogP contribution in [-0.2, 0) is 22.9 Å². The molecule has 1 atom stereocenters. The van der Waals surface area contributed by atoms with Gasteiger partial charge in [-0.05, 0) is 36.8 Å². The summed E-state index contributed by atoms with van der Waals surface area (Å²) in [7, 11) is 0. The van der Waals surface area contributed by atoms with Crippen molar-refractivity contribution in [2.45, 2.75) is 25.1 Å². The molecule has 10 heteroatoms. The van der Waals surface area contributed by atoms with Crippen LogP contribution in [-0.4, -0.2) is 10.9 Å². The second kappa shape index (κ2) is 7.44. The molecule has 4 nitrogen and oxygen atoms in total. The number of nitrogens with two attached hydrogens (primary N) is 1. The predicted octanol–water partition coefficient (Wildman–Crippen LogP) is 5.42. The van der Waals surface area contributed by atoms with Crippen LogP contribution in [0.4, 0.5) is 33.5 Å². The van der Waals surface area contributed by atoms with E-state index in [0.717, 1.165) is 18.2 Å². The zero-order valence-corrected chi connectivity index (χ0v) is 17.2. The standard InChI is InChI=1S/C22H15ClF5N3O/c1-11-6-13(22(26,27)28)7-19(30-11)31-18-5-3-2-4-12(18)10-21(31,20(29)32)14-8-15(23)17(25)9-16(14)24/h2-9H,10H2,1H3,(H2,29,32). The Morgan fingerprint density at radius 3 is 2.47 bits per heavy atom. The third kappa shape index (κ3) is 3.37. The molecule has 0 saturated heterocycles. The minimum Gasteiger partial charge on any atom is -0.367 e. The Balaban J connectivity index is 2.07. The van der Waals surface area contributed by atoms with Crippen LogP contribution in [0, 0.1) is 18.6 Å². The lowest BCUT2D eigenvalue weighted by Gasteiger charge is -2.38. The van der Waals surface area contributed by atoms with Gasteiger partial charge in [0.1, 0.15) is 17.5 Å². The average molecular weight is 468 g/mol. The fraction of sp³-hybridized carbons (Fsp3) is 0.182. The summed E-state index contributed by atoms with van der Waals surface area (Å²) in [5, 5.41) is -0.467. The Kier molecular flexibility index (Phi) is 5.12. The number of alkyl halides is 3. The molecule has 0 spiro atoms. The number of carbonyl (C=O) groups is 1. The second-order valence-electron chi connectivity index (χ2n) is 7.46. The SMILES string of the molecule is Cc1cc(C(F)(F)F)cc(N2c3ccccc3CC2(C(N)=O)c2cc(Cl)c(F)cc2F)n1. The maximum absolute atomic E-state index is 15.0. The number of pyridine rings is 1. The molecule has 2 heterocycles. The number of fused-ring (bicyclic) bond motifs is 1. The van der Waals surface area contributed by atoms with Crippen LogP contribution < -0.4 is 10.6 Å². The first-order valence-corrected chi connectivity index (χ1v) is 9.72. The molecule has 32 heavy (non-hydrogen) atoms. The number of para-hydroxylation sites is 1. The van der Waals surface area contributed by atoms with E-state index in [9.17, 15) is 22.4 Å². The molecular formula is C22H15ClF5N3O. The summed E-state index contributed by atoms with van der Waals surface area (Å²) in [6, 6.07) is 9.51. The highest BCUT2D eigenvalue weighted by Gasteiger charge is 2.53. The molecule has 0 saturated carbocycles. The third-order valence-electron chi connectivity index (χ3n) is 5.42. The zero-order valence-electron chi connectivity index (χ0n) is 16.5. The number of aryl methyl sites for hydroxylation is 1. The van der Waals surface area contributed by atoms with E-state index >= 15 is 4.39 Å². The van der Waals surface area contributed by atoms with Gasteiger partial charge in [0.05, 0.1) is 10.6 Å². The molecule has 1 aromatic heterocycles. The van der Waals surface area contributed by atoms with E-state index in [1.54, 1.807) is 24.3 Å². The van der Waals surface area contributed by atoms with Crippen molar-refractivity contribution in [1.82, 2.24) is 4.98 Å². The lowest BCUT2D eigenvalue weighted by Crippen LogP contribution is -2.52. The molecule has 0 aliphatic carbocycles. The Morgan fingerprint density at radius 2 is 1.81 bits per heavy atom. The highest BCUT2D eigenvalue weighted by Crippen LogP contribution is 2.50.